The molecule has 1 aromatic rings. The maximum absolute atomic E-state index is 4.06. The Morgan fingerprint density at radius 3 is 3.00 bits per heavy atom. The van der Waals surface area contributed by atoms with Gasteiger partial charge in [0.05, 0.1) is 12.2 Å². The van der Waals surface area contributed by atoms with Crippen LogP contribution < -0.4 is 5.32 Å². The first kappa shape index (κ1) is 12.9. The molecule has 0 fully saturated rings. The minimum Gasteiger partial charge on any atom is -0.314 e. The molecule has 16 heavy (non-hydrogen) atoms. The predicted molar refractivity (Wildman–Crippen MR) is 65.1 cm³/mol. The van der Waals surface area contributed by atoms with Crippen LogP contribution in [0.5, 0.6) is 0 Å². The number of hydrogen-bond acceptors (Lipinski definition) is 4. The highest BCUT2D eigenvalue weighted by atomic mass is 15.4. The van der Waals surface area contributed by atoms with Crippen LogP contribution in [0.3, 0.4) is 0 Å². The van der Waals surface area contributed by atoms with E-state index in [4.69, 9.17) is 0 Å². The van der Waals surface area contributed by atoms with Gasteiger partial charge in [0, 0.05) is 25.8 Å². The highest BCUT2D eigenvalue weighted by molar-refractivity contribution is 4.92. The molecule has 5 nitrogen and oxygen atoms in total. The summed E-state index contributed by atoms with van der Waals surface area (Å²) in [6.45, 7) is 9.44. The first-order chi connectivity index (χ1) is 7.61. The molecule has 0 amide bonds. The quantitative estimate of drug-likeness (QED) is 0.684. The van der Waals surface area contributed by atoms with Crippen LogP contribution in [-0.2, 0) is 13.1 Å². The maximum Gasteiger partial charge on any atom is 0.0964 e. The fourth-order valence-electron chi connectivity index (χ4n) is 1.52. The Balaban J connectivity index is 2.33. The van der Waals surface area contributed by atoms with Crippen molar-refractivity contribution in [2.75, 3.05) is 27.2 Å². The lowest BCUT2D eigenvalue weighted by Gasteiger charge is -2.15. The summed E-state index contributed by atoms with van der Waals surface area (Å²) < 4.78 is 1.88. The van der Waals surface area contributed by atoms with Crippen molar-refractivity contribution in [2.24, 2.45) is 0 Å². The third-order valence-electron chi connectivity index (χ3n) is 2.19. The van der Waals surface area contributed by atoms with E-state index >= 15 is 0 Å². The van der Waals surface area contributed by atoms with Crippen molar-refractivity contribution in [1.29, 1.82) is 0 Å². The summed E-state index contributed by atoms with van der Waals surface area (Å²) in [6.07, 6.45) is 1.98. The first-order valence-electron chi connectivity index (χ1n) is 5.48. The first-order valence-corrected chi connectivity index (χ1v) is 5.48. The Morgan fingerprint density at radius 2 is 2.38 bits per heavy atom. The number of rotatable bonds is 7. The number of nitrogens with one attached hydrogen (secondary N) is 1. The molecule has 0 aliphatic rings. The lowest BCUT2D eigenvalue weighted by molar-refractivity contribution is 0.334. The van der Waals surface area contributed by atoms with E-state index in [-0.39, 0.29) is 0 Å². The largest absolute Gasteiger partial charge is 0.314 e. The smallest absolute Gasteiger partial charge is 0.0964 e. The van der Waals surface area contributed by atoms with Crippen molar-refractivity contribution in [3.05, 3.63) is 24.0 Å². The van der Waals surface area contributed by atoms with E-state index < -0.39 is 0 Å². The van der Waals surface area contributed by atoms with Gasteiger partial charge in [-0.1, -0.05) is 17.4 Å². The molecule has 0 saturated carbocycles. The van der Waals surface area contributed by atoms with E-state index in [2.05, 4.69) is 34.2 Å². The molecule has 90 valence electrons. The van der Waals surface area contributed by atoms with Crippen LogP contribution in [-0.4, -0.2) is 47.1 Å². The monoisotopic (exact) mass is 223 g/mol. The summed E-state index contributed by atoms with van der Waals surface area (Å²) in [5, 5.41) is 11.2. The van der Waals surface area contributed by atoms with Crippen LogP contribution in [0.2, 0.25) is 0 Å². The van der Waals surface area contributed by atoms with Crippen molar-refractivity contribution in [2.45, 2.75) is 20.0 Å². The molecule has 0 bridgehead atoms. The Hall–Kier alpha value is -1.20. The molecule has 0 aromatic carbocycles. The van der Waals surface area contributed by atoms with Crippen molar-refractivity contribution >= 4 is 0 Å². The second-order valence-electron chi connectivity index (χ2n) is 4.20. The van der Waals surface area contributed by atoms with Gasteiger partial charge in [0.15, 0.2) is 0 Å². The number of aromatic nitrogens is 3. The van der Waals surface area contributed by atoms with Crippen molar-refractivity contribution in [3.63, 3.8) is 0 Å². The Morgan fingerprint density at radius 1 is 1.62 bits per heavy atom. The number of nitrogens with zero attached hydrogens (tertiary/aromatic N) is 4. The summed E-state index contributed by atoms with van der Waals surface area (Å²) in [7, 11) is 3.99. The minimum atomic E-state index is 0.765. The lowest BCUT2D eigenvalue weighted by atomic mass is 10.3. The normalized spacial score (nSPS) is 11.0. The zero-order chi connectivity index (χ0) is 12.0. The van der Waals surface area contributed by atoms with Gasteiger partial charge in [-0.25, -0.2) is 0 Å². The Bertz CT molecular complexity index is 331. The molecule has 1 heterocycles. The van der Waals surface area contributed by atoms with Gasteiger partial charge in [0.1, 0.15) is 0 Å². The summed E-state index contributed by atoms with van der Waals surface area (Å²) in [6, 6.07) is 0. The summed E-state index contributed by atoms with van der Waals surface area (Å²) in [5.41, 5.74) is 2.15. The molecule has 1 N–H and O–H groups in total. The average molecular weight is 223 g/mol. The lowest BCUT2D eigenvalue weighted by Crippen LogP contribution is -2.25. The third kappa shape index (κ3) is 4.55. The molecular formula is C11H21N5. The maximum atomic E-state index is 4.06. The summed E-state index contributed by atoms with van der Waals surface area (Å²) in [4.78, 5) is 2.22. The van der Waals surface area contributed by atoms with Gasteiger partial charge in [-0.3, -0.25) is 4.68 Å². The zero-order valence-corrected chi connectivity index (χ0v) is 10.4. The van der Waals surface area contributed by atoms with E-state index in [0.717, 1.165) is 31.9 Å². The van der Waals surface area contributed by atoms with Crippen LogP contribution >= 0.6 is 0 Å². The van der Waals surface area contributed by atoms with Gasteiger partial charge in [-0.2, -0.15) is 0 Å². The van der Waals surface area contributed by atoms with Crippen LogP contribution in [0.4, 0.5) is 0 Å². The van der Waals surface area contributed by atoms with Crippen LogP contribution in [0.15, 0.2) is 18.3 Å². The molecule has 0 aliphatic heterocycles. The summed E-state index contributed by atoms with van der Waals surface area (Å²) in [5.74, 6) is 0. The SMILES string of the molecule is C=C(C)CN(C)CCn1cc(CNC)nn1. The molecular weight excluding hydrogens is 202 g/mol. The topological polar surface area (TPSA) is 46.0 Å². The van der Waals surface area contributed by atoms with E-state index in [9.17, 15) is 0 Å². The van der Waals surface area contributed by atoms with Crippen molar-refractivity contribution < 1.29 is 0 Å². The van der Waals surface area contributed by atoms with Gasteiger partial charge in [-0.15, -0.1) is 5.10 Å². The molecule has 0 unspecified atom stereocenters. The fraction of sp³-hybridized carbons (Fsp3) is 0.636. The van der Waals surface area contributed by atoms with Crippen molar-refractivity contribution in [1.82, 2.24) is 25.2 Å². The average Bonchev–Trinajstić information content (AvgIpc) is 2.62. The third-order valence-corrected chi connectivity index (χ3v) is 2.19. The van der Waals surface area contributed by atoms with Crippen LogP contribution in [0.1, 0.15) is 12.6 Å². The molecule has 1 aromatic heterocycles. The molecule has 0 spiro atoms. The number of hydrogen-bond donors (Lipinski definition) is 1. The fourth-order valence-corrected chi connectivity index (χ4v) is 1.52. The van der Waals surface area contributed by atoms with Gasteiger partial charge >= 0.3 is 0 Å². The Kier molecular flexibility index (Phi) is 5.14. The molecule has 0 aliphatic carbocycles. The summed E-state index contributed by atoms with van der Waals surface area (Å²) >= 11 is 0. The minimum absolute atomic E-state index is 0.765. The standard InChI is InChI=1S/C11H21N5/c1-10(2)8-15(4)5-6-16-9-11(7-12-3)13-14-16/h9,12H,1,5-8H2,2-4H3. The Labute approximate surface area is 97.1 Å². The highest BCUT2D eigenvalue weighted by Crippen LogP contribution is 1.95. The van der Waals surface area contributed by atoms with Gasteiger partial charge in [0.2, 0.25) is 0 Å². The van der Waals surface area contributed by atoms with Crippen LogP contribution in [0.25, 0.3) is 0 Å². The van der Waals surface area contributed by atoms with Gasteiger partial charge < -0.3 is 10.2 Å². The van der Waals surface area contributed by atoms with E-state index in [1.54, 1.807) is 0 Å². The molecule has 5 heteroatoms. The van der Waals surface area contributed by atoms with E-state index in [1.165, 1.54) is 5.57 Å². The molecule has 0 radical (unpaired) electrons. The molecule has 0 saturated heterocycles. The van der Waals surface area contributed by atoms with Crippen molar-refractivity contribution in [3.8, 4) is 0 Å². The van der Waals surface area contributed by atoms with Gasteiger partial charge in [0.25, 0.3) is 0 Å². The van der Waals surface area contributed by atoms with Crippen LogP contribution in [0, 0.1) is 0 Å². The molecule has 1 rings (SSSR count). The number of likely N-dealkylation sites (N-methyl/N-ethyl adjacent to an activating group) is 1. The van der Waals surface area contributed by atoms with E-state index in [0.29, 0.717) is 0 Å². The van der Waals surface area contributed by atoms with Gasteiger partial charge in [-0.05, 0) is 21.0 Å². The zero-order valence-electron chi connectivity index (χ0n) is 10.4. The second-order valence-corrected chi connectivity index (χ2v) is 4.20. The predicted octanol–water partition coefficient (Wildman–Crippen LogP) is 0.505. The highest BCUT2D eigenvalue weighted by Gasteiger charge is 2.02. The molecule has 0 atom stereocenters. The van der Waals surface area contributed by atoms with E-state index in [1.807, 2.05) is 24.9 Å². The second kappa shape index (κ2) is 6.40.